The van der Waals surface area contributed by atoms with Gasteiger partial charge in [-0.05, 0) is 43.7 Å². The number of amides is 2. The van der Waals surface area contributed by atoms with Crippen molar-refractivity contribution in [3.63, 3.8) is 0 Å². The van der Waals surface area contributed by atoms with Crippen molar-refractivity contribution in [3.8, 4) is 0 Å². The van der Waals surface area contributed by atoms with Crippen molar-refractivity contribution in [2.45, 2.75) is 50.6 Å². The highest BCUT2D eigenvalue weighted by Crippen LogP contribution is 2.37. The van der Waals surface area contributed by atoms with Crippen molar-refractivity contribution in [3.05, 3.63) is 41.2 Å². The topological polar surface area (TPSA) is 95.6 Å². The third-order valence-corrected chi connectivity index (χ3v) is 4.41. The van der Waals surface area contributed by atoms with E-state index in [2.05, 4.69) is 36.9 Å². The minimum absolute atomic E-state index is 0.0169. The quantitative estimate of drug-likeness (QED) is 0.804. The highest BCUT2D eigenvalue weighted by molar-refractivity contribution is 5.74. The summed E-state index contributed by atoms with van der Waals surface area (Å²) in [6, 6.07) is 3.82. The first-order valence-corrected chi connectivity index (χ1v) is 8.19. The molecule has 120 valence electrons. The minimum Gasteiger partial charge on any atom is -0.331 e. The van der Waals surface area contributed by atoms with E-state index in [-0.39, 0.29) is 12.1 Å². The minimum atomic E-state index is -0.196. The summed E-state index contributed by atoms with van der Waals surface area (Å²) in [7, 11) is 0. The van der Waals surface area contributed by atoms with Gasteiger partial charge in [-0.25, -0.2) is 9.78 Å². The predicted octanol–water partition coefficient (Wildman–Crippen LogP) is 1.95. The second-order valence-corrected chi connectivity index (χ2v) is 6.23. The highest BCUT2D eigenvalue weighted by atomic mass is 16.2. The predicted molar refractivity (Wildman–Crippen MR) is 83.6 cm³/mol. The lowest BCUT2D eigenvalue weighted by atomic mass is 9.92. The number of hydrogen-bond acceptors (Lipinski definition) is 4. The number of H-pyrrole nitrogens is 1. The second kappa shape index (κ2) is 5.98. The number of pyridine rings is 1. The molecule has 0 saturated heterocycles. The Morgan fingerprint density at radius 1 is 1.35 bits per heavy atom. The molecule has 0 radical (unpaired) electrons. The van der Waals surface area contributed by atoms with Crippen LogP contribution in [0.25, 0.3) is 0 Å². The Balaban J connectivity index is 1.33. The molecule has 2 heterocycles. The average Bonchev–Trinajstić information content (AvgIpc) is 3.32. The van der Waals surface area contributed by atoms with Gasteiger partial charge in [-0.3, -0.25) is 10.1 Å². The van der Waals surface area contributed by atoms with E-state index in [1.807, 2.05) is 6.07 Å². The van der Waals surface area contributed by atoms with E-state index < -0.39 is 0 Å². The average molecular weight is 312 g/mol. The lowest BCUT2D eigenvalue weighted by Gasteiger charge is -2.25. The molecule has 2 aliphatic carbocycles. The summed E-state index contributed by atoms with van der Waals surface area (Å²) in [5, 5.41) is 12.9. The number of aromatic nitrogens is 4. The molecule has 0 aromatic carbocycles. The molecule has 0 spiro atoms. The molecule has 0 bridgehead atoms. The summed E-state index contributed by atoms with van der Waals surface area (Å²) in [4.78, 5) is 21.0. The molecule has 2 aromatic rings. The van der Waals surface area contributed by atoms with Crippen LogP contribution in [0.15, 0.2) is 18.3 Å². The Morgan fingerprint density at radius 3 is 3.13 bits per heavy atom. The summed E-state index contributed by atoms with van der Waals surface area (Å²) in [6.45, 7) is 0.355. The zero-order valence-electron chi connectivity index (χ0n) is 12.9. The molecule has 7 nitrogen and oxygen atoms in total. The molecule has 0 aliphatic heterocycles. The maximum absolute atomic E-state index is 12.1. The van der Waals surface area contributed by atoms with Crippen molar-refractivity contribution < 1.29 is 4.79 Å². The zero-order chi connectivity index (χ0) is 15.6. The first-order chi connectivity index (χ1) is 11.3. The third kappa shape index (κ3) is 3.18. The number of carbonyl (C=O) groups is 1. The van der Waals surface area contributed by atoms with Gasteiger partial charge < -0.3 is 10.6 Å². The van der Waals surface area contributed by atoms with Crippen LogP contribution in [0.4, 0.5) is 4.79 Å². The van der Waals surface area contributed by atoms with Crippen LogP contribution >= 0.6 is 0 Å². The monoisotopic (exact) mass is 312 g/mol. The molecular weight excluding hydrogens is 292 g/mol. The molecule has 0 unspecified atom stereocenters. The fraction of sp³-hybridized carbons (Fsp3) is 0.500. The third-order valence-electron chi connectivity index (χ3n) is 4.41. The van der Waals surface area contributed by atoms with Crippen LogP contribution in [-0.4, -0.2) is 26.2 Å². The normalized spacial score (nSPS) is 19.9. The summed E-state index contributed by atoms with van der Waals surface area (Å²) in [6.07, 6.45) is 7.14. The zero-order valence-corrected chi connectivity index (χ0v) is 12.9. The second-order valence-electron chi connectivity index (χ2n) is 6.23. The Kier molecular flexibility index (Phi) is 3.69. The summed E-state index contributed by atoms with van der Waals surface area (Å²) in [5.74, 6) is 2.08. The maximum Gasteiger partial charge on any atom is 0.315 e. The Hall–Kier alpha value is -2.44. The summed E-state index contributed by atoms with van der Waals surface area (Å²) < 4.78 is 0. The summed E-state index contributed by atoms with van der Waals surface area (Å²) in [5.41, 5.74) is 2.22. The van der Waals surface area contributed by atoms with Crippen LogP contribution in [0, 0.1) is 0 Å². The van der Waals surface area contributed by atoms with Gasteiger partial charge in [0.2, 0.25) is 0 Å². The van der Waals surface area contributed by atoms with Gasteiger partial charge in [0.25, 0.3) is 0 Å². The van der Waals surface area contributed by atoms with Crippen LogP contribution in [0.1, 0.15) is 60.5 Å². The number of nitrogens with zero attached hydrogens (tertiary/aromatic N) is 3. The van der Waals surface area contributed by atoms with Crippen LogP contribution in [0.3, 0.4) is 0 Å². The van der Waals surface area contributed by atoms with Gasteiger partial charge in [-0.2, -0.15) is 5.10 Å². The molecular formula is C16H20N6O. The number of aromatic amines is 1. The number of carbonyl (C=O) groups excluding carboxylic acids is 1. The van der Waals surface area contributed by atoms with Crippen LogP contribution < -0.4 is 10.6 Å². The highest BCUT2D eigenvalue weighted by Gasteiger charge is 2.28. The number of hydrogen-bond donors (Lipinski definition) is 3. The summed E-state index contributed by atoms with van der Waals surface area (Å²) >= 11 is 0. The molecule has 1 fully saturated rings. The number of fused-ring (bicyclic) bond motifs is 1. The first kappa shape index (κ1) is 14.2. The van der Waals surface area contributed by atoms with E-state index in [1.165, 1.54) is 18.4 Å². The lowest BCUT2D eigenvalue weighted by Crippen LogP contribution is -2.39. The van der Waals surface area contributed by atoms with Crippen molar-refractivity contribution in [1.29, 1.82) is 0 Å². The van der Waals surface area contributed by atoms with Crippen molar-refractivity contribution in [2.75, 3.05) is 0 Å². The number of nitrogens with one attached hydrogen (secondary N) is 3. The first-order valence-electron chi connectivity index (χ1n) is 8.19. The Bertz CT molecular complexity index is 708. The number of urea groups is 1. The van der Waals surface area contributed by atoms with Gasteiger partial charge in [0, 0.05) is 12.1 Å². The number of rotatable bonds is 4. The largest absolute Gasteiger partial charge is 0.331 e. The Labute approximate surface area is 134 Å². The van der Waals surface area contributed by atoms with E-state index in [4.69, 9.17) is 0 Å². The van der Waals surface area contributed by atoms with Crippen molar-refractivity contribution in [2.24, 2.45) is 0 Å². The standard InChI is InChI=1S/C16H20N6O/c23-16(18-9-13-20-15(22-21-13)11-6-7-11)19-12-5-1-3-10-4-2-8-17-14(10)12/h2,4,8,11-12H,1,3,5-7,9H2,(H2,18,19,23)(H,20,21,22)/t12-/m0/s1. The molecule has 4 rings (SSSR count). The van der Waals surface area contributed by atoms with Gasteiger partial charge in [0.15, 0.2) is 5.82 Å². The smallest absolute Gasteiger partial charge is 0.315 e. The lowest BCUT2D eigenvalue weighted by molar-refractivity contribution is 0.234. The molecule has 23 heavy (non-hydrogen) atoms. The fourth-order valence-electron chi connectivity index (χ4n) is 3.04. The van der Waals surface area contributed by atoms with E-state index in [0.717, 1.165) is 30.8 Å². The van der Waals surface area contributed by atoms with E-state index >= 15 is 0 Å². The molecule has 2 aromatic heterocycles. The maximum atomic E-state index is 12.1. The molecule has 1 saturated carbocycles. The Morgan fingerprint density at radius 2 is 2.26 bits per heavy atom. The van der Waals surface area contributed by atoms with Gasteiger partial charge in [0.1, 0.15) is 5.82 Å². The van der Waals surface area contributed by atoms with Crippen LogP contribution in [0.2, 0.25) is 0 Å². The van der Waals surface area contributed by atoms with E-state index in [0.29, 0.717) is 18.3 Å². The molecule has 1 atom stereocenters. The molecule has 2 amide bonds. The molecule has 7 heteroatoms. The van der Waals surface area contributed by atoms with Crippen LogP contribution in [-0.2, 0) is 13.0 Å². The van der Waals surface area contributed by atoms with Crippen LogP contribution in [0.5, 0.6) is 0 Å². The SMILES string of the molecule is O=C(NCc1nc(C2CC2)n[nH]1)N[C@H]1CCCc2cccnc21. The van der Waals surface area contributed by atoms with Crippen molar-refractivity contribution >= 4 is 6.03 Å². The van der Waals surface area contributed by atoms with E-state index in [9.17, 15) is 4.79 Å². The van der Waals surface area contributed by atoms with Gasteiger partial charge in [-0.1, -0.05) is 6.07 Å². The molecule has 3 N–H and O–H groups in total. The molecule has 2 aliphatic rings. The van der Waals surface area contributed by atoms with Crippen molar-refractivity contribution in [1.82, 2.24) is 30.8 Å². The van der Waals surface area contributed by atoms with Gasteiger partial charge in [0.05, 0.1) is 18.3 Å². The van der Waals surface area contributed by atoms with E-state index in [1.54, 1.807) is 6.20 Å². The van der Waals surface area contributed by atoms with Gasteiger partial charge >= 0.3 is 6.03 Å². The number of aryl methyl sites for hydroxylation is 1. The fourth-order valence-corrected chi connectivity index (χ4v) is 3.04. The van der Waals surface area contributed by atoms with Gasteiger partial charge in [-0.15, -0.1) is 0 Å².